The summed E-state index contributed by atoms with van der Waals surface area (Å²) in [7, 11) is 0. The largest absolute Gasteiger partial charge is 0.484 e. The number of hydrogen-bond acceptors (Lipinski definition) is 5. The first-order valence-corrected chi connectivity index (χ1v) is 12.2. The van der Waals surface area contributed by atoms with Crippen LogP contribution in [0.1, 0.15) is 32.1 Å². The van der Waals surface area contributed by atoms with E-state index in [9.17, 15) is 19.1 Å². The fourth-order valence-electron chi connectivity index (χ4n) is 4.74. The van der Waals surface area contributed by atoms with E-state index in [0.29, 0.717) is 47.9 Å². The first-order valence-electron chi connectivity index (χ1n) is 11.1. The quantitative estimate of drug-likeness (QED) is 0.460. The van der Waals surface area contributed by atoms with E-state index in [1.807, 2.05) is 0 Å². The van der Waals surface area contributed by atoms with Gasteiger partial charge in [-0.05, 0) is 56.4 Å². The molecular formula is C24H24Cl3FN2O5. The standard InChI is InChI=1S/C24H24Cl3FN2O5/c25-16-3-1-14(9-18(16)27)34-12-21(32)29-23-5-7-24(8-6-23,20(31)11-23)30-22(33)13-35-15-2-4-17(26)19(28)10-15/h1-4,9-10,20,31H,5-8,11-13H2,(H,29,32)(H,30,33)/t20-,23?,24?/m0/s1. The summed E-state index contributed by atoms with van der Waals surface area (Å²) in [4.78, 5) is 25.1. The lowest BCUT2D eigenvalue weighted by molar-refractivity contribution is -0.137. The van der Waals surface area contributed by atoms with Crippen molar-refractivity contribution in [2.45, 2.75) is 49.3 Å². The number of fused-ring (bicyclic) bond motifs is 3. The third-order valence-corrected chi connectivity index (χ3v) is 7.68. The van der Waals surface area contributed by atoms with E-state index in [-0.39, 0.29) is 29.9 Å². The average molecular weight is 546 g/mol. The maximum absolute atomic E-state index is 13.5. The molecule has 3 saturated carbocycles. The van der Waals surface area contributed by atoms with E-state index in [2.05, 4.69) is 10.6 Å². The molecule has 3 aliphatic carbocycles. The van der Waals surface area contributed by atoms with Gasteiger partial charge in [-0.2, -0.15) is 0 Å². The molecule has 0 heterocycles. The molecule has 3 N–H and O–H groups in total. The summed E-state index contributed by atoms with van der Waals surface area (Å²) in [5.41, 5.74) is -1.37. The monoisotopic (exact) mass is 544 g/mol. The molecular weight excluding hydrogens is 522 g/mol. The van der Waals surface area contributed by atoms with Crippen molar-refractivity contribution in [2.24, 2.45) is 0 Å². The summed E-state index contributed by atoms with van der Waals surface area (Å²) in [6, 6.07) is 8.65. The highest BCUT2D eigenvalue weighted by Gasteiger charge is 2.55. The molecule has 0 radical (unpaired) electrons. The molecule has 2 bridgehead atoms. The van der Waals surface area contributed by atoms with Gasteiger partial charge >= 0.3 is 0 Å². The second-order valence-electron chi connectivity index (χ2n) is 8.98. The zero-order valence-corrected chi connectivity index (χ0v) is 20.9. The minimum absolute atomic E-state index is 0.0373. The lowest BCUT2D eigenvalue weighted by Crippen LogP contribution is -2.70. The number of halogens is 4. The van der Waals surface area contributed by atoms with Gasteiger partial charge in [0.2, 0.25) is 0 Å². The summed E-state index contributed by atoms with van der Waals surface area (Å²) >= 11 is 17.5. The maximum atomic E-state index is 13.5. The van der Waals surface area contributed by atoms with Crippen LogP contribution in [0.25, 0.3) is 0 Å². The van der Waals surface area contributed by atoms with Crippen LogP contribution in [0.15, 0.2) is 36.4 Å². The van der Waals surface area contributed by atoms with Gasteiger partial charge in [0.15, 0.2) is 13.2 Å². The summed E-state index contributed by atoms with van der Waals surface area (Å²) < 4.78 is 24.4. The van der Waals surface area contributed by atoms with Crippen LogP contribution in [-0.4, -0.2) is 47.3 Å². The van der Waals surface area contributed by atoms with Crippen LogP contribution in [0.4, 0.5) is 4.39 Å². The Hall–Kier alpha value is -2.26. The molecule has 2 amide bonds. The zero-order valence-electron chi connectivity index (χ0n) is 18.6. The molecule has 3 aliphatic rings. The van der Waals surface area contributed by atoms with Gasteiger partial charge in [-0.15, -0.1) is 0 Å². The SMILES string of the molecule is O=C(COc1ccc(Cl)c(Cl)c1)NC12CCC(NC(=O)COc3ccc(Cl)c(F)c3)(CC1)[C@@H](O)C2. The smallest absolute Gasteiger partial charge is 0.258 e. The van der Waals surface area contributed by atoms with Gasteiger partial charge in [0.1, 0.15) is 17.3 Å². The number of benzene rings is 2. The fourth-order valence-corrected chi connectivity index (χ4v) is 5.14. The van der Waals surface area contributed by atoms with Gasteiger partial charge in [-0.25, -0.2) is 4.39 Å². The van der Waals surface area contributed by atoms with Crippen LogP contribution in [0.5, 0.6) is 11.5 Å². The Kier molecular flexibility index (Phi) is 7.66. The van der Waals surface area contributed by atoms with Crippen LogP contribution in [0.2, 0.25) is 15.1 Å². The van der Waals surface area contributed by atoms with Gasteiger partial charge < -0.3 is 25.2 Å². The van der Waals surface area contributed by atoms with E-state index in [1.54, 1.807) is 12.1 Å². The lowest BCUT2D eigenvalue weighted by Gasteiger charge is -2.56. The molecule has 7 nitrogen and oxygen atoms in total. The minimum Gasteiger partial charge on any atom is -0.484 e. The van der Waals surface area contributed by atoms with E-state index in [4.69, 9.17) is 44.3 Å². The van der Waals surface area contributed by atoms with Crippen molar-refractivity contribution in [3.8, 4) is 11.5 Å². The normalized spacial score (nSPS) is 25.1. The molecule has 2 aromatic carbocycles. The molecule has 0 aliphatic heterocycles. The second kappa shape index (κ2) is 10.4. The number of ether oxygens (including phenoxy) is 2. The third-order valence-electron chi connectivity index (χ3n) is 6.64. The van der Waals surface area contributed by atoms with Gasteiger partial charge in [-0.3, -0.25) is 9.59 Å². The Bertz CT molecular complexity index is 1120. The molecule has 1 atom stereocenters. The maximum Gasteiger partial charge on any atom is 0.258 e. The second-order valence-corrected chi connectivity index (χ2v) is 10.2. The molecule has 2 aromatic rings. The molecule has 0 spiro atoms. The highest BCUT2D eigenvalue weighted by Crippen LogP contribution is 2.47. The number of carbonyl (C=O) groups is 2. The minimum atomic E-state index is -0.849. The summed E-state index contributed by atoms with van der Waals surface area (Å²) in [5, 5.41) is 17.5. The van der Waals surface area contributed by atoms with E-state index >= 15 is 0 Å². The van der Waals surface area contributed by atoms with Crippen LogP contribution in [0.3, 0.4) is 0 Å². The number of rotatable bonds is 8. The predicted molar refractivity (Wildman–Crippen MR) is 130 cm³/mol. The van der Waals surface area contributed by atoms with Gasteiger partial charge in [-0.1, -0.05) is 34.8 Å². The van der Waals surface area contributed by atoms with Crippen LogP contribution < -0.4 is 20.1 Å². The van der Waals surface area contributed by atoms with Crippen molar-refractivity contribution in [1.82, 2.24) is 10.6 Å². The Balaban J connectivity index is 1.28. The highest BCUT2D eigenvalue weighted by atomic mass is 35.5. The van der Waals surface area contributed by atoms with Crippen molar-refractivity contribution >= 4 is 46.6 Å². The number of hydrogen-bond donors (Lipinski definition) is 3. The highest BCUT2D eigenvalue weighted by molar-refractivity contribution is 6.42. The lowest BCUT2D eigenvalue weighted by atomic mass is 9.60. The summed E-state index contributed by atoms with van der Waals surface area (Å²) in [5.74, 6) is -0.779. The Morgan fingerprint density at radius 3 is 2.03 bits per heavy atom. The van der Waals surface area contributed by atoms with Gasteiger partial charge in [0, 0.05) is 17.7 Å². The molecule has 3 fully saturated rings. The van der Waals surface area contributed by atoms with E-state index in [1.165, 1.54) is 18.2 Å². The Morgan fingerprint density at radius 2 is 1.46 bits per heavy atom. The third kappa shape index (κ3) is 5.94. The van der Waals surface area contributed by atoms with Crippen molar-refractivity contribution in [3.05, 3.63) is 57.3 Å². The molecule has 0 saturated heterocycles. The Morgan fingerprint density at radius 1 is 0.886 bits per heavy atom. The molecule has 188 valence electrons. The number of nitrogens with one attached hydrogen (secondary N) is 2. The number of aliphatic hydroxyl groups excluding tert-OH is 1. The number of amides is 2. The number of carbonyl (C=O) groups excluding carboxylic acids is 2. The van der Waals surface area contributed by atoms with Crippen LogP contribution >= 0.6 is 34.8 Å². The molecule has 35 heavy (non-hydrogen) atoms. The van der Waals surface area contributed by atoms with Gasteiger partial charge in [0.05, 0.1) is 26.7 Å². The van der Waals surface area contributed by atoms with E-state index in [0.717, 1.165) is 6.07 Å². The topological polar surface area (TPSA) is 96.9 Å². The van der Waals surface area contributed by atoms with Crippen molar-refractivity contribution < 1.29 is 28.6 Å². The zero-order chi connectivity index (χ0) is 25.2. The van der Waals surface area contributed by atoms with Crippen molar-refractivity contribution in [2.75, 3.05) is 13.2 Å². The van der Waals surface area contributed by atoms with Gasteiger partial charge in [0.25, 0.3) is 11.8 Å². The molecule has 5 rings (SSSR count). The van der Waals surface area contributed by atoms with Crippen LogP contribution in [0, 0.1) is 5.82 Å². The number of aliphatic hydroxyl groups is 1. The average Bonchev–Trinajstić information content (AvgIpc) is 2.82. The Labute approximate surface area is 216 Å². The van der Waals surface area contributed by atoms with Crippen molar-refractivity contribution in [1.29, 1.82) is 0 Å². The first-order chi connectivity index (χ1) is 16.6. The molecule has 11 heteroatoms. The predicted octanol–water partition coefficient (Wildman–Crippen LogP) is 4.29. The van der Waals surface area contributed by atoms with Crippen molar-refractivity contribution in [3.63, 3.8) is 0 Å². The summed E-state index contributed by atoms with van der Waals surface area (Å²) in [6.07, 6.45) is 1.61. The molecule has 0 aromatic heterocycles. The fraction of sp³-hybridized carbons (Fsp3) is 0.417. The van der Waals surface area contributed by atoms with E-state index < -0.39 is 28.9 Å². The molecule has 0 unspecified atom stereocenters. The van der Waals surface area contributed by atoms with Crippen LogP contribution in [-0.2, 0) is 9.59 Å². The summed E-state index contributed by atoms with van der Waals surface area (Å²) in [6.45, 7) is -0.538. The first kappa shape index (κ1) is 25.8.